The highest BCUT2D eigenvalue weighted by Gasteiger charge is 2.22. The molecule has 3 amide bonds. The lowest BCUT2D eigenvalue weighted by molar-refractivity contribution is -0.137. The molecule has 0 aromatic heterocycles. The zero-order valence-corrected chi connectivity index (χ0v) is 13.6. The average Bonchev–Trinajstić information content (AvgIpc) is 2.84. The normalized spacial score (nSPS) is 14.8. The maximum atomic E-state index is 12.5. The molecule has 7 heteroatoms. The fourth-order valence-electron chi connectivity index (χ4n) is 2.63. The first-order valence-electron chi connectivity index (χ1n) is 8.17. The molecular formula is C17H23N3O4. The van der Waals surface area contributed by atoms with E-state index in [1.807, 2.05) is 18.2 Å². The van der Waals surface area contributed by atoms with Crippen LogP contribution in [0.4, 0.5) is 4.79 Å². The van der Waals surface area contributed by atoms with Gasteiger partial charge in [-0.05, 0) is 25.0 Å². The number of nitrogens with one attached hydrogen (secondary N) is 1. The van der Waals surface area contributed by atoms with Crippen molar-refractivity contribution < 1.29 is 19.5 Å². The molecule has 7 nitrogen and oxygen atoms in total. The summed E-state index contributed by atoms with van der Waals surface area (Å²) in [6, 6.07) is 8.93. The molecule has 2 rings (SSSR count). The second kappa shape index (κ2) is 8.90. The number of hydrogen-bond donors (Lipinski definition) is 2. The predicted molar refractivity (Wildman–Crippen MR) is 88.8 cm³/mol. The zero-order chi connectivity index (χ0) is 17.4. The van der Waals surface area contributed by atoms with Crippen LogP contribution in [0.15, 0.2) is 30.3 Å². The predicted octanol–water partition coefficient (Wildman–Crippen LogP) is 1.41. The number of rotatable bonds is 5. The lowest BCUT2D eigenvalue weighted by Gasteiger charge is -2.22. The highest BCUT2D eigenvalue weighted by Crippen LogP contribution is 2.09. The maximum Gasteiger partial charge on any atom is 0.317 e. The number of amides is 3. The Morgan fingerprint density at radius 1 is 1.00 bits per heavy atom. The number of nitrogens with zero attached hydrogens (tertiary/aromatic N) is 2. The third-order valence-corrected chi connectivity index (χ3v) is 3.93. The van der Waals surface area contributed by atoms with E-state index >= 15 is 0 Å². The molecule has 0 radical (unpaired) electrons. The van der Waals surface area contributed by atoms with Gasteiger partial charge < -0.3 is 20.2 Å². The van der Waals surface area contributed by atoms with Gasteiger partial charge in [0.2, 0.25) is 0 Å². The molecule has 0 saturated carbocycles. The third kappa shape index (κ3) is 5.26. The molecule has 1 saturated heterocycles. The molecule has 0 bridgehead atoms. The third-order valence-electron chi connectivity index (χ3n) is 3.93. The Labute approximate surface area is 141 Å². The number of carboxylic acid groups (broad SMARTS) is 1. The number of carbonyl (C=O) groups is 3. The van der Waals surface area contributed by atoms with Gasteiger partial charge >= 0.3 is 12.0 Å². The minimum absolute atomic E-state index is 0.0145. The van der Waals surface area contributed by atoms with Crippen LogP contribution in [0.5, 0.6) is 0 Å². The quantitative estimate of drug-likeness (QED) is 0.797. The number of urea groups is 1. The number of benzene rings is 1. The van der Waals surface area contributed by atoms with Crippen LogP contribution in [0, 0.1) is 0 Å². The molecule has 0 aliphatic carbocycles. The Kier molecular flexibility index (Phi) is 6.60. The second-order valence-corrected chi connectivity index (χ2v) is 5.73. The number of carbonyl (C=O) groups excluding carboxylic acids is 2. The van der Waals surface area contributed by atoms with Crippen molar-refractivity contribution in [3.63, 3.8) is 0 Å². The summed E-state index contributed by atoms with van der Waals surface area (Å²) in [5.74, 6) is -0.881. The van der Waals surface area contributed by atoms with Crippen LogP contribution >= 0.6 is 0 Å². The average molecular weight is 333 g/mol. The zero-order valence-electron chi connectivity index (χ0n) is 13.6. The Morgan fingerprint density at radius 2 is 1.67 bits per heavy atom. The molecule has 1 aromatic rings. The molecule has 1 aromatic carbocycles. The van der Waals surface area contributed by atoms with Gasteiger partial charge in [-0.3, -0.25) is 9.59 Å². The van der Waals surface area contributed by atoms with Crippen LogP contribution in [0.1, 0.15) is 29.6 Å². The van der Waals surface area contributed by atoms with Crippen LogP contribution in [0.3, 0.4) is 0 Å². The fraction of sp³-hybridized carbons (Fsp3) is 0.471. The van der Waals surface area contributed by atoms with E-state index in [4.69, 9.17) is 5.11 Å². The highest BCUT2D eigenvalue weighted by molar-refractivity contribution is 5.94. The Bertz CT molecular complexity index is 576. The maximum absolute atomic E-state index is 12.5. The SMILES string of the molecule is O=C(O)CCCNC(=O)N1CCCN(C(=O)c2ccccc2)CC1. The molecule has 0 spiro atoms. The standard InChI is InChI=1S/C17H23N3O4/c21-15(22)8-4-9-18-17(24)20-11-5-10-19(12-13-20)16(23)14-6-2-1-3-7-14/h1-3,6-7H,4-5,8-13H2,(H,18,24)(H,21,22). The van der Waals surface area contributed by atoms with Gasteiger partial charge in [0.15, 0.2) is 0 Å². The largest absolute Gasteiger partial charge is 0.481 e. The molecule has 2 N–H and O–H groups in total. The first kappa shape index (κ1) is 17.8. The second-order valence-electron chi connectivity index (χ2n) is 5.73. The summed E-state index contributed by atoms with van der Waals surface area (Å²) in [5, 5.41) is 11.3. The van der Waals surface area contributed by atoms with E-state index in [1.165, 1.54) is 0 Å². The van der Waals surface area contributed by atoms with E-state index in [2.05, 4.69) is 5.32 Å². The molecule has 1 heterocycles. The van der Waals surface area contributed by atoms with Crippen LogP contribution in [-0.4, -0.2) is 65.5 Å². The van der Waals surface area contributed by atoms with E-state index < -0.39 is 5.97 Å². The van der Waals surface area contributed by atoms with E-state index in [0.717, 1.165) is 6.42 Å². The molecule has 1 aliphatic heterocycles. The smallest absolute Gasteiger partial charge is 0.317 e. The molecular weight excluding hydrogens is 310 g/mol. The Hall–Kier alpha value is -2.57. The number of aliphatic carboxylic acids is 1. The minimum Gasteiger partial charge on any atom is -0.481 e. The van der Waals surface area contributed by atoms with Crippen LogP contribution in [0.2, 0.25) is 0 Å². The summed E-state index contributed by atoms with van der Waals surface area (Å²) in [7, 11) is 0. The van der Waals surface area contributed by atoms with Gasteiger partial charge in [-0.1, -0.05) is 18.2 Å². The molecule has 1 aliphatic rings. The summed E-state index contributed by atoms with van der Waals surface area (Å²) >= 11 is 0. The molecule has 0 unspecified atom stereocenters. The topological polar surface area (TPSA) is 89.9 Å². The van der Waals surface area contributed by atoms with Crippen LogP contribution in [0.25, 0.3) is 0 Å². The van der Waals surface area contributed by atoms with Gasteiger partial charge in [0.05, 0.1) is 0 Å². The van der Waals surface area contributed by atoms with Gasteiger partial charge in [-0.25, -0.2) is 4.79 Å². The van der Waals surface area contributed by atoms with E-state index in [9.17, 15) is 14.4 Å². The Morgan fingerprint density at radius 3 is 2.38 bits per heavy atom. The summed E-state index contributed by atoms with van der Waals surface area (Å²) < 4.78 is 0. The lowest BCUT2D eigenvalue weighted by atomic mass is 10.2. The van der Waals surface area contributed by atoms with Crippen molar-refractivity contribution in [3.8, 4) is 0 Å². The van der Waals surface area contributed by atoms with Gasteiger partial charge in [-0.15, -0.1) is 0 Å². The summed E-state index contributed by atoms with van der Waals surface area (Å²) in [6.45, 7) is 2.52. The number of hydrogen-bond acceptors (Lipinski definition) is 3. The highest BCUT2D eigenvalue weighted by atomic mass is 16.4. The van der Waals surface area contributed by atoms with Crippen molar-refractivity contribution in [1.29, 1.82) is 0 Å². The Balaban J connectivity index is 1.80. The monoisotopic (exact) mass is 333 g/mol. The molecule has 24 heavy (non-hydrogen) atoms. The fourth-order valence-corrected chi connectivity index (χ4v) is 2.63. The first-order chi connectivity index (χ1) is 11.6. The van der Waals surface area contributed by atoms with Gasteiger partial charge in [0.1, 0.15) is 0 Å². The van der Waals surface area contributed by atoms with Crippen molar-refractivity contribution in [2.45, 2.75) is 19.3 Å². The number of carboxylic acids is 1. The van der Waals surface area contributed by atoms with Gasteiger partial charge in [0.25, 0.3) is 5.91 Å². The van der Waals surface area contributed by atoms with Crippen molar-refractivity contribution >= 4 is 17.9 Å². The van der Waals surface area contributed by atoms with E-state index in [-0.39, 0.29) is 18.4 Å². The lowest BCUT2D eigenvalue weighted by Crippen LogP contribution is -2.43. The van der Waals surface area contributed by atoms with Gasteiger partial charge in [0, 0.05) is 44.7 Å². The van der Waals surface area contributed by atoms with E-state index in [0.29, 0.717) is 44.7 Å². The summed E-state index contributed by atoms with van der Waals surface area (Å²) in [4.78, 5) is 38.5. The van der Waals surface area contributed by atoms with Crippen molar-refractivity contribution in [2.24, 2.45) is 0 Å². The summed E-state index contributed by atoms with van der Waals surface area (Å²) in [5.41, 5.74) is 0.657. The van der Waals surface area contributed by atoms with Crippen molar-refractivity contribution in [2.75, 3.05) is 32.7 Å². The van der Waals surface area contributed by atoms with Crippen molar-refractivity contribution in [1.82, 2.24) is 15.1 Å². The first-order valence-corrected chi connectivity index (χ1v) is 8.17. The molecule has 1 fully saturated rings. The minimum atomic E-state index is -0.867. The van der Waals surface area contributed by atoms with Crippen LogP contribution < -0.4 is 5.32 Å². The van der Waals surface area contributed by atoms with Crippen molar-refractivity contribution in [3.05, 3.63) is 35.9 Å². The molecule has 130 valence electrons. The molecule has 0 atom stereocenters. The summed E-state index contributed by atoms with van der Waals surface area (Å²) in [6.07, 6.45) is 1.17. The van der Waals surface area contributed by atoms with E-state index in [1.54, 1.807) is 21.9 Å². The van der Waals surface area contributed by atoms with Gasteiger partial charge in [-0.2, -0.15) is 0 Å². The van der Waals surface area contributed by atoms with Crippen LogP contribution in [-0.2, 0) is 4.79 Å².